The molecule has 0 amide bonds. The summed E-state index contributed by atoms with van der Waals surface area (Å²) in [6.45, 7) is 8.92. The molecule has 14 heavy (non-hydrogen) atoms. The monoisotopic (exact) mass is 196 g/mol. The molecular formula is C11H17FN2. The minimum atomic E-state index is -1.34. The van der Waals surface area contributed by atoms with Crippen LogP contribution in [0.3, 0.4) is 0 Å². The smallest absolute Gasteiger partial charge is 0.132 e. The lowest BCUT2D eigenvalue weighted by atomic mass is 9.97. The number of hydrogen-bond acceptors (Lipinski definition) is 2. The van der Waals surface area contributed by atoms with Crippen LogP contribution in [0.4, 0.5) is 4.39 Å². The molecule has 1 rings (SSSR count). The van der Waals surface area contributed by atoms with Gasteiger partial charge in [0, 0.05) is 5.56 Å². The molecule has 2 nitrogen and oxygen atoms in total. The SMILES string of the molecule is Cc1nnc(C(C)C)cc1C(C)(C)F. The fourth-order valence-electron chi connectivity index (χ4n) is 1.35. The third kappa shape index (κ3) is 2.28. The third-order valence-electron chi connectivity index (χ3n) is 2.23. The average Bonchev–Trinajstić information content (AvgIpc) is 2.02. The van der Waals surface area contributed by atoms with Crippen molar-refractivity contribution in [3.63, 3.8) is 0 Å². The Balaban J connectivity index is 3.22. The van der Waals surface area contributed by atoms with Gasteiger partial charge in [-0.2, -0.15) is 10.2 Å². The molecule has 0 unspecified atom stereocenters. The summed E-state index contributed by atoms with van der Waals surface area (Å²) in [5.41, 5.74) is 0.804. The van der Waals surface area contributed by atoms with E-state index in [0.717, 1.165) is 5.69 Å². The molecule has 0 aromatic carbocycles. The number of hydrogen-bond donors (Lipinski definition) is 0. The Kier molecular flexibility index (Phi) is 2.88. The lowest BCUT2D eigenvalue weighted by Crippen LogP contribution is -2.14. The van der Waals surface area contributed by atoms with Crippen molar-refractivity contribution < 1.29 is 4.39 Å². The van der Waals surface area contributed by atoms with Gasteiger partial charge in [0.05, 0.1) is 11.4 Å². The van der Waals surface area contributed by atoms with Gasteiger partial charge in [0.1, 0.15) is 5.67 Å². The zero-order chi connectivity index (χ0) is 10.9. The molecule has 0 N–H and O–H groups in total. The largest absolute Gasteiger partial charge is 0.239 e. The van der Waals surface area contributed by atoms with Crippen molar-refractivity contribution in [1.82, 2.24) is 10.2 Å². The van der Waals surface area contributed by atoms with E-state index in [1.54, 1.807) is 20.8 Å². The summed E-state index contributed by atoms with van der Waals surface area (Å²) in [5.74, 6) is 0.282. The van der Waals surface area contributed by atoms with Gasteiger partial charge in [0.2, 0.25) is 0 Å². The Morgan fingerprint density at radius 2 is 1.86 bits per heavy atom. The molecular weight excluding hydrogens is 179 g/mol. The highest BCUT2D eigenvalue weighted by Gasteiger charge is 2.23. The summed E-state index contributed by atoms with van der Waals surface area (Å²) in [6, 6.07) is 1.81. The van der Waals surface area contributed by atoms with Gasteiger partial charge in [-0.3, -0.25) is 0 Å². The van der Waals surface area contributed by atoms with Gasteiger partial charge >= 0.3 is 0 Å². The van der Waals surface area contributed by atoms with E-state index >= 15 is 0 Å². The van der Waals surface area contributed by atoms with Crippen molar-refractivity contribution in [1.29, 1.82) is 0 Å². The van der Waals surface area contributed by atoms with E-state index in [2.05, 4.69) is 10.2 Å². The van der Waals surface area contributed by atoms with Crippen molar-refractivity contribution in [2.24, 2.45) is 0 Å². The molecule has 3 heteroatoms. The van der Waals surface area contributed by atoms with Crippen LogP contribution < -0.4 is 0 Å². The second-order valence-corrected chi connectivity index (χ2v) is 4.40. The highest BCUT2D eigenvalue weighted by atomic mass is 19.1. The highest BCUT2D eigenvalue weighted by Crippen LogP contribution is 2.27. The molecule has 1 heterocycles. The first kappa shape index (κ1) is 11.1. The van der Waals surface area contributed by atoms with Crippen LogP contribution in [0.5, 0.6) is 0 Å². The Hall–Kier alpha value is -0.990. The molecule has 1 aromatic rings. The molecule has 1 aromatic heterocycles. The van der Waals surface area contributed by atoms with Crippen LogP contribution in [0.25, 0.3) is 0 Å². The van der Waals surface area contributed by atoms with Crippen LogP contribution in [0.15, 0.2) is 6.07 Å². The van der Waals surface area contributed by atoms with E-state index in [9.17, 15) is 4.39 Å². The quantitative estimate of drug-likeness (QED) is 0.726. The van der Waals surface area contributed by atoms with E-state index in [4.69, 9.17) is 0 Å². The Bertz CT molecular complexity index is 327. The fourth-order valence-corrected chi connectivity index (χ4v) is 1.35. The zero-order valence-electron chi connectivity index (χ0n) is 9.43. The molecule has 78 valence electrons. The lowest BCUT2D eigenvalue weighted by molar-refractivity contribution is 0.219. The maximum atomic E-state index is 13.8. The molecule has 0 aliphatic carbocycles. The molecule has 0 saturated carbocycles. The van der Waals surface area contributed by atoms with E-state index in [1.807, 2.05) is 19.9 Å². The highest BCUT2D eigenvalue weighted by molar-refractivity contribution is 5.26. The summed E-state index contributed by atoms with van der Waals surface area (Å²) >= 11 is 0. The predicted molar refractivity (Wildman–Crippen MR) is 55.0 cm³/mol. The zero-order valence-corrected chi connectivity index (χ0v) is 9.43. The van der Waals surface area contributed by atoms with Crippen LogP contribution in [0.1, 0.15) is 50.6 Å². The summed E-state index contributed by atoms with van der Waals surface area (Å²) < 4.78 is 13.8. The number of nitrogens with zero attached hydrogens (tertiary/aromatic N) is 2. The first-order chi connectivity index (χ1) is 6.32. The van der Waals surface area contributed by atoms with Gasteiger partial charge < -0.3 is 0 Å². The molecule has 0 saturated heterocycles. The van der Waals surface area contributed by atoms with Crippen LogP contribution in [-0.4, -0.2) is 10.2 Å². The first-order valence-corrected chi connectivity index (χ1v) is 4.86. The van der Waals surface area contributed by atoms with Crippen molar-refractivity contribution in [3.8, 4) is 0 Å². The number of rotatable bonds is 2. The lowest BCUT2D eigenvalue weighted by Gasteiger charge is -2.17. The van der Waals surface area contributed by atoms with Crippen LogP contribution >= 0.6 is 0 Å². The number of aryl methyl sites for hydroxylation is 1. The standard InChI is InChI=1S/C11H17FN2/c1-7(2)10-6-9(11(4,5)12)8(3)13-14-10/h6-7H,1-5H3. The van der Waals surface area contributed by atoms with Crippen molar-refractivity contribution in [2.75, 3.05) is 0 Å². The van der Waals surface area contributed by atoms with Gasteiger partial charge in [0.15, 0.2) is 0 Å². The molecule has 0 radical (unpaired) electrons. The first-order valence-electron chi connectivity index (χ1n) is 4.86. The summed E-state index contributed by atoms with van der Waals surface area (Å²) in [6.07, 6.45) is 0. The van der Waals surface area contributed by atoms with Crippen molar-refractivity contribution in [3.05, 3.63) is 23.0 Å². The molecule has 0 aliphatic heterocycles. The van der Waals surface area contributed by atoms with Crippen molar-refractivity contribution in [2.45, 2.75) is 46.2 Å². The van der Waals surface area contributed by atoms with Gasteiger partial charge in [-0.25, -0.2) is 4.39 Å². The Morgan fingerprint density at radius 3 is 2.29 bits per heavy atom. The van der Waals surface area contributed by atoms with Crippen LogP contribution in [-0.2, 0) is 5.67 Å². The normalized spacial score (nSPS) is 12.2. The maximum Gasteiger partial charge on any atom is 0.132 e. The van der Waals surface area contributed by atoms with Crippen LogP contribution in [0.2, 0.25) is 0 Å². The second-order valence-electron chi connectivity index (χ2n) is 4.40. The third-order valence-corrected chi connectivity index (χ3v) is 2.23. The molecule has 0 aliphatic rings. The topological polar surface area (TPSA) is 25.8 Å². The minimum Gasteiger partial charge on any atom is -0.239 e. The molecule has 0 fully saturated rings. The van der Waals surface area contributed by atoms with E-state index in [1.165, 1.54) is 0 Å². The summed E-state index contributed by atoms with van der Waals surface area (Å²) in [5, 5.41) is 8.01. The summed E-state index contributed by atoms with van der Waals surface area (Å²) in [7, 11) is 0. The molecule has 0 spiro atoms. The fraction of sp³-hybridized carbons (Fsp3) is 0.636. The van der Waals surface area contributed by atoms with E-state index in [-0.39, 0.29) is 5.92 Å². The number of alkyl halides is 1. The minimum absolute atomic E-state index is 0.282. The van der Waals surface area contributed by atoms with Gasteiger partial charge in [-0.15, -0.1) is 0 Å². The molecule has 0 bridgehead atoms. The maximum absolute atomic E-state index is 13.8. The van der Waals surface area contributed by atoms with Crippen LogP contribution in [0, 0.1) is 6.92 Å². The van der Waals surface area contributed by atoms with Crippen molar-refractivity contribution >= 4 is 0 Å². The number of halogens is 1. The second kappa shape index (κ2) is 3.64. The average molecular weight is 196 g/mol. The summed E-state index contributed by atoms with van der Waals surface area (Å²) in [4.78, 5) is 0. The number of aromatic nitrogens is 2. The predicted octanol–water partition coefficient (Wildman–Crippen LogP) is 3.11. The molecule has 0 atom stereocenters. The van der Waals surface area contributed by atoms with Gasteiger partial charge in [0.25, 0.3) is 0 Å². The van der Waals surface area contributed by atoms with Gasteiger partial charge in [-0.1, -0.05) is 13.8 Å². The van der Waals surface area contributed by atoms with E-state index in [0.29, 0.717) is 11.3 Å². The van der Waals surface area contributed by atoms with Gasteiger partial charge in [-0.05, 0) is 32.8 Å². The Labute approximate surface area is 84.6 Å². The van der Waals surface area contributed by atoms with E-state index < -0.39 is 5.67 Å². The Morgan fingerprint density at radius 1 is 1.29 bits per heavy atom.